The van der Waals surface area contributed by atoms with Crippen molar-refractivity contribution in [2.24, 2.45) is 0 Å². The van der Waals surface area contributed by atoms with Crippen LogP contribution in [0, 0.1) is 6.92 Å². The molecule has 1 saturated heterocycles. The second kappa shape index (κ2) is 11.8. The third-order valence-electron chi connectivity index (χ3n) is 6.06. The lowest BCUT2D eigenvalue weighted by Crippen LogP contribution is -2.46. The predicted molar refractivity (Wildman–Crippen MR) is 142 cm³/mol. The van der Waals surface area contributed by atoms with Gasteiger partial charge in [0.2, 0.25) is 5.88 Å². The molecule has 5 rings (SSSR count). The number of para-hydroxylation sites is 2. The van der Waals surface area contributed by atoms with Crippen LogP contribution in [-0.4, -0.2) is 58.8 Å². The quantitative estimate of drug-likeness (QED) is 0.317. The summed E-state index contributed by atoms with van der Waals surface area (Å²) in [5, 5.41) is 11.9. The summed E-state index contributed by atoms with van der Waals surface area (Å²) in [6.45, 7) is 4.88. The average Bonchev–Trinajstić information content (AvgIpc) is 3.23. The van der Waals surface area contributed by atoms with Crippen molar-refractivity contribution in [2.75, 3.05) is 26.2 Å². The van der Waals surface area contributed by atoms with Gasteiger partial charge in [0.25, 0.3) is 5.91 Å². The van der Waals surface area contributed by atoms with Crippen molar-refractivity contribution in [1.29, 1.82) is 0 Å². The zero-order valence-electron chi connectivity index (χ0n) is 20.8. The van der Waals surface area contributed by atoms with E-state index in [1.165, 1.54) is 0 Å². The number of aromatic nitrogens is 1. The number of aryl methyl sites for hydroxylation is 1. The number of benzene rings is 3. The lowest BCUT2D eigenvalue weighted by Gasteiger charge is -2.27. The van der Waals surface area contributed by atoms with E-state index in [1.807, 2.05) is 89.2 Å². The number of fused-ring (bicyclic) bond motifs is 1. The zero-order chi connectivity index (χ0) is 28.2. The second-order valence-corrected chi connectivity index (χ2v) is 9.16. The standard InChI is InChI=1S/C26H24ClN3O2.C2HF3O2/c1-18-7-5-6-10-23(18)32-26-24(25(31)29-15-13-28-14-16-29)21-12-11-19(27)17-22(21)30(26)20-8-3-2-4-9-20;3-2(4,5)1(6)7/h2-12,17,28H,13-16H2,1H3;(H,6,7). The minimum atomic E-state index is -5.08. The van der Waals surface area contributed by atoms with Crippen molar-refractivity contribution in [1.82, 2.24) is 14.8 Å². The highest BCUT2D eigenvalue weighted by molar-refractivity contribution is 6.31. The lowest BCUT2D eigenvalue weighted by molar-refractivity contribution is -0.192. The Morgan fingerprint density at radius 2 is 1.59 bits per heavy atom. The minimum absolute atomic E-state index is 0.0305. The van der Waals surface area contributed by atoms with E-state index >= 15 is 0 Å². The first-order valence-electron chi connectivity index (χ1n) is 12.0. The van der Waals surface area contributed by atoms with Gasteiger partial charge in [-0.25, -0.2) is 4.79 Å². The fourth-order valence-corrected chi connectivity index (χ4v) is 4.34. The van der Waals surface area contributed by atoms with Crippen LogP contribution in [0.15, 0.2) is 72.8 Å². The maximum atomic E-state index is 13.8. The van der Waals surface area contributed by atoms with Gasteiger partial charge in [0.1, 0.15) is 11.3 Å². The maximum absolute atomic E-state index is 13.8. The van der Waals surface area contributed by atoms with Crippen molar-refractivity contribution >= 4 is 34.4 Å². The number of halogens is 4. The summed E-state index contributed by atoms with van der Waals surface area (Å²) < 4.78 is 40.2. The van der Waals surface area contributed by atoms with Gasteiger partial charge in [0.05, 0.1) is 5.52 Å². The molecule has 39 heavy (non-hydrogen) atoms. The van der Waals surface area contributed by atoms with E-state index in [4.69, 9.17) is 26.2 Å². The first-order valence-corrected chi connectivity index (χ1v) is 12.4. The van der Waals surface area contributed by atoms with Crippen LogP contribution < -0.4 is 10.1 Å². The largest absolute Gasteiger partial charge is 0.490 e. The van der Waals surface area contributed by atoms with Crippen molar-refractivity contribution in [2.45, 2.75) is 13.1 Å². The van der Waals surface area contributed by atoms with Crippen LogP contribution in [0.25, 0.3) is 16.6 Å². The number of carbonyl (C=O) groups is 2. The van der Waals surface area contributed by atoms with Crippen LogP contribution in [0.4, 0.5) is 13.2 Å². The van der Waals surface area contributed by atoms with Gasteiger partial charge in [0, 0.05) is 42.3 Å². The molecule has 1 aliphatic heterocycles. The topological polar surface area (TPSA) is 83.8 Å². The summed E-state index contributed by atoms with van der Waals surface area (Å²) in [7, 11) is 0. The van der Waals surface area contributed by atoms with E-state index in [0.29, 0.717) is 35.3 Å². The van der Waals surface area contributed by atoms with Gasteiger partial charge >= 0.3 is 12.1 Å². The van der Waals surface area contributed by atoms with Gasteiger partial charge in [0.15, 0.2) is 0 Å². The molecular formula is C28H25ClF3N3O4. The van der Waals surface area contributed by atoms with E-state index in [-0.39, 0.29) is 5.91 Å². The van der Waals surface area contributed by atoms with Gasteiger partial charge in [-0.05, 0) is 42.8 Å². The molecule has 1 fully saturated rings. The van der Waals surface area contributed by atoms with E-state index in [2.05, 4.69) is 5.32 Å². The van der Waals surface area contributed by atoms with Gasteiger partial charge in [-0.15, -0.1) is 0 Å². The molecule has 2 N–H and O–H groups in total. The Labute approximate surface area is 227 Å². The molecule has 204 valence electrons. The summed E-state index contributed by atoms with van der Waals surface area (Å²) in [6.07, 6.45) is -5.08. The number of carboxylic acid groups (broad SMARTS) is 1. The predicted octanol–water partition coefficient (Wildman–Crippen LogP) is 6.06. The number of carbonyl (C=O) groups excluding carboxylic acids is 1. The van der Waals surface area contributed by atoms with Crippen molar-refractivity contribution in [3.8, 4) is 17.3 Å². The summed E-state index contributed by atoms with van der Waals surface area (Å²) in [5.74, 6) is -1.57. The minimum Gasteiger partial charge on any atom is -0.475 e. The molecule has 0 aliphatic carbocycles. The van der Waals surface area contributed by atoms with Crippen molar-refractivity contribution < 1.29 is 32.6 Å². The molecule has 2 heterocycles. The van der Waals surface area contributed by atoms with E-state index in [9.17, 15) is 18.0 Å². The van der Waals surface area contributed by atoms with Crippen LogP contribution in [0.3, 0.4) is 0 Å². The van der Waals surface area contributed by atoms with Crippen molar-refractivity contribution in [3.05, 3.63) is 88.9 Å². The fourth-order valence-electron chi connectivity index (χ4n) is 4.18. The van der Waals surface area contributed by atoms with Crippen molar-refractivity contribution in [3.63, 3.8) is 0 Å². The number of aliphatic carboxylic acids is 1. The number of hydrogen-bond donors (Lipinski definition) is 2. The van der Waals surface area contributed by atoms with Gasteiger partial charge < -0.3 is 20.1 Å². The number of piperazine rings is 1. The third-order valence-corrected chi connectivity index (χ3v) is 6.30. The normalized spacial score (nSPS) is 13.5. The zero-order valence-corrected chi connectivity index (χ0v) is 21.6. The molecule has 0 radical (unpaired) electrons. The number of carboxylic acids is 1. The molecule has 0 bridgehead atoms. The Hall–Kier alpha value is -4.02. The number of hydrogen-bond acceptors (Lipinski definition) is 4. The highest BCUT2D eigenvalue weighted by Gasteiger charge is 2.38. The Morgan fingerprint density at radius 3 is 2.21 bits per heavy atom. The number of alkyl halides is 3. The van der Waals surface area contributed by atoms with E-state index < -0.39 is 12.1 Å². The summed E-state index contributed by atoms with van der Waals surface area (Å²) in [4.78, 5) is 24.6. The van der Waals surface area contributed by atoms with Gasteiger partial charge in [-0.1, -0.05) is 54.1 Å². The van der Waals surface area contributed by atoms with E-state index in [0.717, 1.165) is 35.2 Å². The summed E-state index contributed by atoms with van der Waals surface area (Å²) in [5.41, 5.74) is 3.30. The molecule has 0 unspecified atom stereocenters. The highest BCUT2D eigenvalue weighted by atomic mass is 35.5. The molecule has 0 saturated carbocycles. The Bertz CT molecular complexity index is 1480. The molecule has 1 aromatic heterocycles. The molecule has 1 aliphatic rings. The molecule has 7 nitrogen and oxygen atoms in total. The molecule has 4 aromatic rings. The maximum Gasteiger partial charge on any atom is 0.490 e. The molecular weight excluding hydrogens is 535 g/mol. The van der Waals surface area contributed by atoms with Crippen LogP contribution in [0.2, 0.25) is 5.02 Å². The third kappa shape index (κ3) is 6.35. The molecule has 0 atom stereocenters. The monoisotopic (exact) mass is 559 g/mol. The first-order chi connectivity index (χ1) is 18.6. The number of ether oxygens (including phenoxy) is 1. The highest BCUT2D eigenvalue weighted by Crippen LogP contribution is 2.40. The molecule has 3 aromatic carbocycles. The van der Waals surface area contributed by atoms with Gasteiger partial charge in [-0.2, -0.15) is 13.2 Å². The van der Waals surface area contributed by atoms with Gasteiger partial charge in [-0.3, -0.25) is 9.36 Å². The Balaban J connectivity index is 0.000000448. The number of nitrogens with zero attached hydrogens (tertiary/aromatic N) is 2. The molecule has 1 amide bonds. The second-order valence-electron chi connectivity index (χ2n) is 8.73. The Kier molecular flexibility index (Phi) is 8.47. The smallest absolute Gasteiger partial charge is 0.475 e. The Morgan fingerprint density at radius 1 is 0.974 bits per heavy atom. The van der Waals surface area contributed by atoms with E-state index in [1.54, 1.807) is 0 Å². The number of rotatable bonds is 4. The van der Waals surface area contributed by atoms with Crippen LogP contribution in [0.1, 0.15) is 15.9 Å². The number of nitrogens with one attached hydrogen (secondary N) is 1. The van der Waals surface area contributed by atoms with Crippen LogP contribution in [-0.2, 0) is 4.79 Å². The summed E-state index contributed by atoms with van der Waals surface area (Å²) >= 11 is 6.40. The fraction of sp³-hybridized carbons (Fsp3) is 0.214. The SMILES string of the molecule is Cc1ccccc1Oc1c(C(=O)N2CCNCC2)c2ccc(Cl)cc2n1-c1ccccc1.O=C(O)C(F)(F)F. The lowest BCUT2D eigenvalue weighted by atomic mass is 10.1. The average molecular weight is 560 g/mol. The van der Waals surface area contributed by atoms with Crippen LogP contribution in [0.5, 0.6) is 11.6 Å². The first kappa shape index (κ1) is 28.0. The summed E-state index contributed by atoms with van der Waals surface area (Å²) in [6, 6.07) is 23.4. The number of amides is 1. The molecule has 11 heteroatoms. The van der Waals surface area contributed by atoms with Crippen LogP contribution >= 0.6 is 11.6 Å². The molecule has 0 spiro atoms.